The maximum absolute atomic E-state index is 15.2. The van der Waals surface area contributed by atoms with Gasteiger partial charge in [0.25, 0.3) is 10.1 Å². The number of hydrogen-bond acceptors (Lipinski definition) is 25. The molecule has 0 fully saturated rings. The molecule has 12 aromatic carbocycles. The second-order valence-electron chi connectivity index (χ2n) is 27.8. The Kier molecular flexibility index (Phi) is 40.3. The fourth-order valence-electron chi connectivity index (χ4n) is 13.2. The van der Waals surface area contributed by atoms with E-state index in [-0.39, 0.29) is 142 Å². The smallest absolute Gasteiger partial charge is 0.744 e. The molecule has 0 bridgehead atoms. The summed E-state index contributed by atoms with van der Waals surface area (Å²) in [7, 11) is -17.3. The van der Waals surface area contributed by atoms with Gasteiger partial charge in [0.15, 0.2) is 0 Å². The average Bonchev–Trinajstić information content (AvgIpc) is 0.724. The number of halogens is 22. The zero-order chi connectivity index (χ0) is 102. The SMILES string of the molecule is COc1ccc(C(c2ccc(Oc3cccc(Oc4ccc(C(c5ccc(Oc6ccc(S(=O)(=O)c7ccc(C)c(S(=O)(=O)O)c7)cc6SOOO)cc5)(C(F)(F)F)C(F)(F)F)cc4)c3C#N)cc2)(C(F)(F)F)C(F)(F)F)cc1.Cc1ccc(S(=O)(=O)c2ccc(Cl)c(SOO[O-])c2)cc1S(=O)(=O)[O-].Cl.N#Cc1c(Cl)cccc1Cl.Oc1ccc(C(c2ccc(O)cc2)(C(F)(F)F)C(F)(F)F)cc1.[Na+].[Na+]. The van der Waals surface area contributed by atoms with Crippen LogP contribution >= 0.6 is 71.3 Å². The van der Waals surface area contributed by atoms with Crippen LogP contribution in [0.4, 0.5) is 79.0 Å². The van der Waals surface area contributed by atoms with Gasteiger partial charge in [0.1, 0.15) is 79.6 Å². The minimum absolute atomic E-state index is 0. The molecule has 0 amide bonds. The number of nitrogens with zero attached hydrogens (tertiary/aromatic N) is 2. The fraction of sp³-hybridized carbons (Fsp3) is 0.140. The zero-order valence-corrected chi connectivity index (χ0v) is 82.6. The number of phenolic OH excluding ortho intramolecular Hbond substituents is 2. The van der Waals surface area contributed by atoms with Crippen LogP contribution in [0, 0.1) is 36.5 Å². The number of phenols is 2. The van der Waals surface area contributed by atoms with Crippen molar-refractivity contribution in [2.24, 2.45) is 0 Å². The Balaban J connectivity index is 0.000000394. The second kappa shape index (κ2) is 47.4. The molecule has 0 unspecified atom stereocenters. The summed E-state index contributed by atoms with van der Waals surface area (Å²) in [4.78, 5) is -3.37. The van der Waals surface area contributed by atoms with E-state index >= 15 is 26.3 Å². The van der Waals surface area contributed by atoms with Gasteiger partial charge in [-0.2, -0.15) is 102 Å². The van der Waals surface area contributed by atoms with E-state index < -0.39 is 180 Å². The van der Waals surface area contributed by atoms with Crippen LogP contribution < -0.4 is 83.3 Å². The Morgan fingerprint density at radius 2 is 0.664 bits per heavy atom. The van der Waals surface area contributed by atoms with E-state index in [2.05, 4.69) is 18.7 Å². The van der Waals surface area contributed by atoms with Gasteiger partial charge in [0, 0.05) is 0 Å². The van der Waals surface area contributed by atoms with E-state index in [1.54, 1.807) is 24.3 Å². The Hall–Kier alpha value is -9.50. The van der Waals surface area contributed by atoms with Crippen LogP contribution in [-0.2, 0) is 74.9 Å². The van der Waals surface area contributed by atoms with Gasteiger partial charge >= 0.3 is 96.2 Å². The maximum Gasteiger partial charge on any atom is 1.00 e. The number of nitriles is 2. The number of hydrogen-bond donors (Lipinski definition) is 4. The van der Waals surface area contributed by atoms with E-state index in [4.69, 9.17) is 74.5 Å². The van der Waals surface area contributed by atoms with Gasteiger partial charge in [-0.05, 0) is 216 Å². The van der Waals surface area contributed by atoms with E-state index in [1.165, 1.54) is 44.2 Å². The fourth-order valence-corrected chi connectivity index (χ4v) is 19.2. The number of aromatic hydroxyl groups is 2. The van der Waals surface area contributed by atoms with Crippen molar-refractivity contribution in [3.63, 3.8) is 0 Å². The number of benzene rings is 12. The zero-order valence-electron chi connectivity index (χ0n) is 70.6. The monoisotopic (exact) mass is 2190 g/mol. The normalized spacial score (nSPS) is 12.3. The molecule has 0 radical (unpaired) electrons. The summed E-state index contributed by atoms with van der Waals surface area (Å²) in [5.74, 6) is -3.31. The number of methoxy groups -OCH3 is 1. The van der Waals surface area contributed by atoms with Gasteiger partial charge in [0.05, 0.1) is 91.0 Å². The van der Waals surface area contributed by atoms with Gasteiger partial charge in [-0.1, -0.05) is 137 Å². The molecule has 0 aliphatic carbocycles. The molecule has 0 spiro atoms. The van der Waals surface area contributed by atoms with Crippen molar-refractivity contribution >= 4 is 111 Å². The minimum atomic E-state index is -6.11. The summed E-state index contributed by atoms with van der Waals surface area (Å²) >= 11 is 17.6. The summed E-state index contributed by atoms with van der Waals surface area (Å²) in [6, 6.07) is 40.1. The third kappa shape index (κ3) is 26.2. The van der Waals surface area contributed by atoms with Gasteiger partial charge in [-0.25, -0.2) is 30.5 Å². The van der Waals surface area contributed by atoms with Crippen LogP contribution in [0.2, 0.25) is 15.1 Å². The topological polar surface area (TPSA) is 385 Å². The minimum Gasteiger partial charge on any atom is -0.744 e. The standard InChI is InChI=1S/C51H33F12NO12S3.C15H10F6O2.C13H11ClO8S3.C7H3Cl2N.ClH.2Na/c1-29-6-23-39(27-45(29)79(68,69)70)78(66,67)38-24-25-43(44(26-38)77-76-75-65)74-37-21-13-33(14-22-37)47(50(58,59)60,51(61,62)63)32-11-19-36(20-12-32)73-42-5-3-4-41(40(42)28-64)72-35-17-9-31(10-18-35)46(48(52,53)54,49(55,56)57)30-7-15-34(71-2)16-8-30;16-14(17,18)13(15(19,20)21,9-1-5-11(22)6-2-9)10-3-7-12(23)8-4-10;1-8-2-3-10(7-13(8)25(18,19)20)24(16,17)9-4-5-11(14)12(6-9)23-22-21-15;8-6-2-1-3-7(9)5(6)4-10;;;/h3-27,65H,1-2H3,(H,68,69,70);1-8,22-23H;2-7,15H,1H3,(H,18,19,20);1-3H;1H;;/q;;;;;2*+1/p-2. The molecule has 24 nitrogen and oxygen atoms in total. The first-order chi connectivity index (χ1) is 63.7. The molecule has 0 aromatic heterocycles. The average molecular weight is 2190 g/mol. The summed E-state index contributed by atoms with van der Waals surface area (Å²) < 4.78 is 411. The van der Waals surface area contributed by atoms with Crippen molar-refractivity contribution in [2.75, 3.05) is 7.11 Å². The van der Waals surface area contributed by atoms with Crippen molar-refractivity contribution in [3.8, 4) is 63.9 Å². The van der Waals surface area contributed by atoms with Crippen LogP contribution in [0.25, 0.3) is 0 Å². The summed E-state index contributed by atoms with van der Waals surface area (Å²) in [5, 5.41) is 63.2. The molecule has 54 heteroatoms. The molecule has 0 atom stereocenters. The Morgan fingerprint density at radius 3 is 0.979 bits per heavy atom. The second-order valence-corrected chi connectivity index (χ2v) is 37.2. The molecular weight excluding hydrogens is 2140 g/mol. The first kappa shape index (κ1) is 119. The number of alkyl halides is 18. The molecular formula is C86H56Cl4F18N2Na2O22S6. The van der Waals surface area contributed by atoms with Crippen molar-refractivity contribution in [2.45, 2.75) is 106 Å². The van der Waals surface area contributed by atoms with Gasteiger partial charge < -0.3 is 39.0 Å². The summed E-state index contributed by atoms with van der Waals surface area (Å²) in [6.45, 7) is 2.66. The van der Waals surface area contributed by atoms with E-state index in [1.807, 2.05) is 6.07 Å². The molecule has 12 aromatic rings. The molecule has 734 valence electrons. The molecule has 0 aliphatic rings. The van der Waals surface area contributed by atoms with Gasteiger partial charge in [-0.3, -0.25) is 9.59 Å². The van der Waals surface area contributed by atoms with Crippen LogP contribution in [0.1, 0.15) is 55.6 Å². The predicted octanol–water partition coefficient (Wildman–Crippen LogP) is 18.0. The van der Waals surface area contributed by atoms with Crippen LogP contribution in [-0.4, -0.2) is 102 Å². The molecule has 0 saturated heterocycles. The van der Waals surface area contributed by atoms with Crippen LogP contribution in [0.15, 0.2) is 294 Å². The van der Waals surface area contributed by atoms with Crippen LogP contribution in [0.5, 0.6) is 51.7 Å². The summed E-state index contributed by atoms with van der Waals surface area (Å²) in [5.41, 5.74) is -20.9. The first-order valence-electron chi connectivity index (χ1n) is 36.9. The third-order valence-corrected chi connectivity index (χ3v) is 27.4. The summed E-state index contributed by atoms with van der Waals surface area (Å²) in [6.07, 6.45) is -35.5. The van der Waals surface area contributed by atoms with Crippen LogP contribution in [0.3, 0.4) is 0 Å². The largest absolute Gasteiger partial charge is 1.00 e. The van der Waals surface area contributed by atoms with Crippen molar-refractivity contribution < 1.29 is 239 Å². The van der Waals surface area contributed by atoms with Gasteiger partial charge in [0.2, 0.25) is 35.9 Å². The first-order valence-corrected chi connectivity index (χ1v) is 45.3. The molecule has 0 aliphatic heterocycles. The number of rotatable bonds is 25. The van der Waals surface area contributed by atoms with Gasteiger partial charge in [-0.15, -0.1) is 16.7 Å². The van der Waals surface area contributed by atoms with E-state index in [0.717, 1.165) is 135 Å². The Bertz CT molecular complexity index is 6860. The number of sulfone groups is 2. The predicted molar refractivity (Wildman–Crippen MR) is 455 cm³/mol. The van der Waals surface area contributed by atoms with Crippen molar-refractivity contribution in [3.05, 3.63) is 325 Å². The molecule has 0 heterocycles. The van der Waals surface area contributed by atoms with E-state index in [0.29, 0.717) is 107 Å². The molecule has 4 N–H and O–H groups in total. The molecule has 0 saturated carbocycles. The third-order valence-electron chi connectivity index (χ3n) is 19.6. The number of aryl methyl sites for hydroxylation is 2. The quantitative estimate of drug-likeness (QED) is 0.0103. The molecule has 140 heavy (non-hydrogen) atoms. The Morgan fingerprint density at radius 1 is 0.371 bits per heavy atom. The maximum atomic E-state index is 15.2. The van der Waals surface area contributed by atoms with Crippen molar-refractivity contribution in [1.29, 1.82) is 10.5 Å². The Labute approximate surface area is 856 Å². The van der Waals surface area contributed by atoms with Crippen molar-refractivity contribution in [1.82, 2.24) is 0 Å². The number of ether oxygens (including phenoxy) is 4. The van der Waals surface area contributed by atoms with E-state index in [9.17, 15) is 106 Å². The molecule has 12 rings (SSSR count).